The summed E-state index contributed by atoms with van der Waals surface area (Å²) >= 11 is 1.45. The molecule has 0 aliphatic heterocycles. The molecule has 142 valence electrons. The lowest BCUT2D eigenvalue weighted by Crippen LogP contribution is -1.82. The molecule has 1 aromatic heterocycles. The van der Waals surface area contributed by atoms with Gasteiger partial charge in [-0.05, 0) is 37.3 Å². The van der Waals surface area contributed by atoms with E-state index < -0.39 is 0 Å². The van der Waals surface area contributed by atoms with E-state index in [2.05, 4.69) is 20.2 Å². The summed E-state index contributed by atoms with van der Waals surface area (Å²) in [6.07, 6.45) is 1.59. The van der Waals surface area contributed by atoms with Crippen LogP contribution in [0.1, 0.15) is 11.1 Å². The summed E-state index contributed by atoms with van der Waals surface area (Å²) in [7, 11) is 0. The maximum absolute atomic E-state index is 10.1. The Labute approximate surface area is 172 Å². The van der Waals surface area contributed by atoms with Gasteiger partial charge in [-0.3, -0.25) is 0 Å². The maximum atomic E-state index is 10.1. The average molecular weight is 398 g/mol. The van der Waals surface area contributed by atoms with Crippen molar-refractivity contribution in [1.82, 2.24) is 4.98 Å². The summed E-state index contributed by atoms with van der Waals surface area (Å²) < 4.78 is 0. The fourth-order valence-corrected chi connectivity index (χ4v) is 3.29. The Hall–Kier alpha value is -3.64. The first kappa shape index (κ1) is 18.7. The number of azo groups is 1. The molecule has 0 radical (unpaired) electrons. The monoisotopic (exact) mass is 398 g/mol. The quantitative estimate of drug-likeness (QED) is 0.291. The van der Waals surface area contributed by atoms with Crippen molar-refractivity contribution in [2.45, 2.75) is 6.92 Å². The van der Waals surface area contributed by atoms with Gasteiger partial charge in [0.2, 0.25) is 5.13 Å². The standard InChI is InChI=1S/C23H18N4OS/c1-16-7-9-19(10-8-16)26-27-20-11-12-22(28)18(13-20)14-24-23-25-21(15-29-23)17-5-3-2-4-6-17/h2-15,28H,1H3/b24-14+,27-26?. The highest BCUT2D eigenvalue weighted by molar-refractivity contribution is 7.13. The number of hydrogen-bond donors (Lipinski definition) is 1. The molecule has 4 aromatic rings. The minimum Gasteiger partial charge on any atom is -0.507 e. The Bertz CT molecular complexity index is 1170. The van der Waals surface area contributed by atoms with Crippen LogP contribution in [0, 0.1) is 6.92 Å². The highest BCUT2D eigenvalue weighted by Crippen LogP contribution is 2.28. The third-order valence-corrected chi connectivity index (χ3v) is 4.95. The highest BCUT2D eigenvalue weighted by Gasteiger charge is 2.04. The van der Waals surface area contributed by atoms with E-state index in [1.807, 2.05) is 66.9 Å². The molecule has 0 fully saturated rings. The number of hydrogen-bond acceptors (Lipinski definition) is 6. The van der Waals surface area contributed by atoms with Crippen LogP contribution in [0.2, 0.25) is 0 Å². The number of phenols is 1. The molecule has 6 heteroatoms. The number of nitrogens with zero attached hydrogens (tertiary/aromatic N) is 4. The van der Waals surface area contributed by atoms with E-state index in [9.17, 15) is 5.11 Å². The molecule has 29 heavy (non-hydrogen) atoms. The van der Waals surface area contributed by atoms with Crippen molar-refractivity contribution in [3.05, 3.63) is 89.3 Å². The second kappa shape index (κ2) is 8.58. The van der Waals surface area contributed by atoms with Crippen LogP contribution in [-0.2, 0) is 0 Å². The first-order valence-corrected chi connectivity index (χ1v) is 9.92. The average Bonchev–Trinajstić information content (AvgIpc) is 3.23. The van der Waals surface area contributed by atoms with Gasteiger partial charge in [-0.2, -0.15) is 10.2 Å². The molecule has 0 spiro atoms. The lowest BCUT2D eigenvalue weighted by molar-refractivity contribution is 0.474. The zero-order valence-corrected chi connectivity index (χ0v) is 16.5. The molecule has 0 aliphatic carbocycles. The van der Waals surface area contributed by atoms with Gasteiger partial charge < -0.3 is 5.11 Å². The first-order valence-electron chi connectivity index (χ1n) is 9.04. The molecule has 0 bridgehead atoms. The molecule has 1 heterocycles. The predicted molar refractivity (Wildman–Crippen MR) is 118 cm³/mol. The molecule has 4 rings (SSSR count). The molecule has 1 N–H and O–H groups in total. The molecule has 0 atom stereocenters. The Balaban J connectivity index is 1.52. The molecule has 0 saturated carbocycles. The summed E-state index contributed by atoms with van der Waals surface area (Å²) in [6, 6.07) is 22.8. The largest absolute Gasteiger partial charge is 0.507 e. The van der Waals surface area contributed by atoms with Gasteiger partial charge in [0.05, 0.1) is 17.1 Å². The van der Waals surface area contributed by atoms with Gasteiger partial charge in [0.15, 0.2) is 0 Å². The zero-order chi connectivity index (χ0) is 20.1. The number of aromatic hydroxyl groups is 1. The number of aliphatic imine (C=N–C) groups is 1. The second-order valence-electron chi connectivity index (χ2n) is 6.42. The molecular formula is C23H18N4OS. The maximum Gasteiger partial charge on any atom is 0.209 e. The third kappa shape index (κ3) is 4.80. The van der Waals surface area contributed by atoms with Crippen LogP contribution in [0.4, 0.5) is 16.5 Å². The second-order valence-corrected chi connectivity index (χ2v) is 7.25. The molecule has 3 aromatic carbocycles. The lowest BCUT2D eigenvalue weighted by atomic mass is 10.2. The molecule has 0 aliphatic rings. The van der Waals surface area contributed by atoms with Gasteiger partial charge in [-0.15, -0.1) is 11.3 Å². The first-order chi connectivity index (χ1) is 14.2. The summed E-state index contributed by atoms with van der Waals surface area (Å²) in [4.78, 5) is 8.93. The van der Waals surface area contributed by atoms with E-state index in [0.29, 0.717) is 16.4 Å². The minimum absolute atomic E-state index is 0.128. The minimum atomic E-state index is 0.128. The Morgan fingerprint density at radius 1 is 0.897 bits per heavy atom. The number of benzene rings is 3. The lowest BCUT2D eigenvalue weighted by Gasteiger charge is -2.00. The van der Waals surface area contributed by atoms with E-state index in [4.69, 9.17) is 0 Å². The fourth-order valence-electron chi connectivity index (χ4n) is 2.62. The van der Waals surface area contributed by atoms with E-state index in [0.717, 1.165) is 16.9 Å². The van der Waals surface area contributed by atoms with Crippen molar-refractivity contribution in [2.75, 3.05) is 0 Å². The summed E-state index contributed by atoms with van der Waals surface area (Å²) in [5.74, 6) is 0.128. The van der Waals surface area contributed by atoms with Gasteiger partial charge >= 0.3 is 0 Å². The van der Waals surface area contributed by atoms with Gasteiger partial charge in [-0.1, -0.05) is 48.0 Å². The van der Waals surface area contributed by atoms with Gasteiger partial charge in [-0.25, -0.2) is 9.98 Å². The fraction of sp³-hybridized carbons (Fsp3) is 0.0435. The van der Waals surface area contributed by atoms with Crippen LogP contribution >= 0.6 is 11.3 Å². The molecule has 5 nitrogen and oxygen atoms in total. The predicted octanol–water partition coefficient (Wildman–Crippen LogP) is 6.99. The number of rotatable bonds is 5. The summed E-state index contributed by atoms with van der Waals surface area (Å²) in [6.45, 7) is 2.03. The molecule has 0 amide bonds. The normalized spacial score (nSPS) is 11.5. The Kier molecular flexibility index (Phi) is 5.54. The third-order valence-electron chi connectivity index (χ3n) is 4.20. The van der Waals surface area contributed by atoms with E-state index in [-0.39, 0.29) is 5.75 Å². The summed E-state index contributed by atoms with van der Waals surface area (Å²) in [5.41, 5.74) is 5.06. The van der Waals surface area contributed by atoms with Crippen molar-refractivity contribution in [3.8, 4) is 17.0 Å². The molecular weight excluding hydrogens is 380 g/mol. The van der Waals surface area contributed by atoms with E-state index in [1.54, 1.807) is 24.4 Å². The Morgan fingerprint density at radius 3 is 2.41 bits per heavy atom. The molecule has 0 saturated heterocycles. The van der Waals surface area contributed by atoms with Crippen molar-refractivity contribution >= 4 is 34.1 Å². The van der Waals surface area contributed by atoms with Crippen LogP contribution in [0.25, 0.3) is 11.3 Å². The summed E-state index contributed by atoms with van der Waals surface area (Å²) in [5, 5.41) is 21.2. The Morgan fingerprint density at radius 2 is 1.62 bits per heavy atom. The van der Waals surface area contributed by atoms with Gasteiger partial charge in [0.25, 0.3) is 0 Å². The molecule has 0 unspecified atom stereocenters. The number of phenolic OH excluding ortho intramolecular Hbond substituents is 1. The number of thiazole rings is 1. The number of aromatic nitrogens is 1. The van der Waals surface area contributed by atoms with Crippen LogP contribution < -0.4 is 0 Å². The van der Waals surface area contributed by atoms with Crippen LogP contribution in [0.15, 0.2) is 93.4 Å². The highest BCUT2D eigenvalue weighted by atomic mass is 32.1. The van der Waals surface area contributed by atoms with Gasteiger partial charge in [0.1, 0.15) is 5.75 Å². The van der Waals surface area contributed by atoms with Crippen molar-refractivity contribution in [3.63, 3.8) is 0 Å². The van der Waals surface area contributed by atoms with Crippen LogP contribution in [-0.4, -0.2) is 16.3 Å². The van der Waals surface area contributed by atoms with Crippen LogP contribution in [0.3, 0.4) is 0 Å². The number of aryl methyl sites for hydroxylation is 1. The van der Waals surface area contributed by atoms with Gasteiger partial charge in [0, 0.05) is 22.7 Å². The van der Waals surface area contributed by atoms with Crippen molar-refractivity contribution in [1.29, 1.82) is 0 Å². The van der Waals surface area contributed by atoms with Crippen molar-refractivity contribution in [2.24, 2.45) is 15.2 Å². The van der Waals surface area contributed by atoms with Crippen molar-refractivity contribution < 1.29 is 5.11 Å². The SMILES string of the molecule is Cc1ccc(N=Nc2ccc(O)c(/C=N/c3nc(-c4ccccc4)cs3)c2)cc1. The van der Waals surface area contributed by atoms with Crippen LogP contribution in [0.5, 0.6) is 5.75 Å². The van der Waals surface area contributed by atoms with E-state index >= 15 is 0 Å². The van der Waals surface area contributed by atoms with E-state index in [1.165, 1.54) is 16.9 Å². The zero-order valence-electron chi connectivity index (χ0n) is 15.7. The smallest absolute Gasteiger partial charge is 0.209 e. The topological polar surface area (TPSA) is 70.2 Å².